The first-order valence-electron chi connectivity index (χ1n) is 10.7. The molecule has 0 saturated carbocycles. The van der Waals surface area contributed by atoms with E-state index in [0.717, 1.165) is 90.0 Å². The van der Waals surface area contributed by atoms with Crippen LogP contribution in [0.1, 0.15) is 36.1 Å². The number of hydrogen-bond acceptors (Lipinski definition) is 5. The fourth-order valence-corrected chi connectivity index (χ4v) is 3.63. The van der Waals surface area contributed by atoms with E-state index in [1.807, 2.05) is 26.0 Å². The Morgan fingerprint density at radius 2 is 1.97 bits per heavy atom. The third-order valence-electron chi connectivity index (χ3n) is 5.25. The summed E-state index contributed by atoms with van der Waals surface area (Å²) in [4.78, 5) is 8.17. The van der Waals surface area contributed by atoms with Crippen molar-refractivity contribution in [3.8, 4) is 11.5 Å². The second kappa shape index (κ2) is 10.7. The predicted octanol–water partition coefficient (Wildman–Crippen LogP) is 3.52. The van der Waals surface area contributed by atoms with Gasteiger partial charge in [-0.25, -0.2) is 0 Å². The minimum atomic E-state index is 0.733. The number of aromatic amines is 1. The first kappa shape index (κ1) is 22.5. The summed E-state index contributed by atoms with van der Waals surface area (Å²) in [6.07, 6.45) is 2.70. The number of aromatic nitrogens is 2. The molecule has 3 aromatic rings. The molecule has 0 unspecified atom stereocenters. The summed E-state index contributed by atoms with van der Waals surface area (Å²) in [5.41, 5.74) is 4.29. The van der Waals surface area contributed by atoms with E-state index in [0.29, 0.717) is 0 Å². The van der Waals surface area contributed by atoms with Crippen LogP contribution in [0.5, 0.6) is 11.5 Å². The fourth-order valence-electron chi connectivity index (χ4n) is 3.63. The van der Waals surface area contributed by atoms with Crippen molar-refractivity contribution < 1.29 is 14.0 Å². The van der Waals surface area contributed by atoms with Crippen LogP contribution in [0.3, 0.4) is 0 Å². The topological polar surface area (TPSA) is 96.7 Å². The summed E-state index contributed by atoms with van der Waals surface area (Å²) in [6.45, 7) is 8.32. The highest BCUT2D eigenvalue weighted by Crippen LogP contribution is 2.31. The summed E-state index contributed by atoms with van der Waals surface area (Å²) in [7, 11) is 3.34. The zero-order valence-corrected chi connectivity index (χ0v) is 19.1. The number of nitrogens with zero attached hydrogens (tertiary/aromatic N) is 2. The maximum atomic E-state index is 5.50. The van der Waals surface area contributed by atoms with E-state index >= 15 is 0 Å². The first-order valence-corrected chi connectivity index (χ1v) is 10.7. The van der Waals surface area contributed by atoms with Gasteiger partial charge in [0.25, 0.3) is 0 Å². The number of fused-ring (bicyclic) bond motifs is 1. The van der Waals surface area contributed by atoms with Crippen LogP contribution in [-0.4, -0.2) is 50.0 Å². The van der Waals surface area contributed by atoms with Crippen LogP contribution < -0.4 is 20.1 Å². The van der Waals surface area contributed by atoms with Crippen molar-refractivity contribution in [2.45, 2.75) is 40.0 Å². The average Bonchev–Trinajstić information content (AvgIpc) is 3.33. The molecule has 2 aromatic heterocycles. The summed E-state index contributed by atoms with van der Waals surface area (Å²) in [5.74, 6) is 3.30. The van der Waals surface area contributed by atoms with Crippen LogP contribution in [0, 0.1) is 13.8 Å². The Bertz CT molecular complexity index is 1000. The Balaban J connectivity index is 1.54. The minimum absolute atomic E-state index is 0.733. The van der Waals surface area contributed by atoms with Crippen molar-refractivity contribution in [3.63, 3.8) is 0 Å². The number of hydrogen-bond donors (Lipinski definition) is 3. The van der Waals surface area contributed by atoms with Gasteiger partial charge in [-0.15, -0.1) is 0 Å². The lowest BCUT2D eigenvalue weighted by Gasteiger charge is -2.11. The zero-order valence-electron chi connectivity index (χ0n) is 19.1. The van der Waals surface area contributed by atoms with Crippen molar-refractivity contribution in [1.82, 2.24) is 20.8 Å². The molecular weight excluding hydrogens is 394 g/mol. The number of guanidine groups is 1. The third-order valence-corrected chi connectivity index (χ3v) is 5.25. The van der Waals surface area contributed by atoms with Gasteiger partial charge in [0, 0.05) is 48.4 Å². The second-order valence-electron chi connectivity index (χ2n) is 7.43. The SMILES string of the molecule is CCNC(=NCCCc1cc2c(OC)cc(OC)cc2[nH]1)NCCc1c(C)noc1C. The fraction of sp³-hybridized carbons (Fsp3) is 0.478. The van der Waals surface area contributed by atoms with Gasteiger partial charge in [0.2, 0.25) is 0 Å². The highest BCUT2D eigenvalue weighted by molar-refractivity contribution is 5.88. The number of aliphatic imine (C=N–C) groups is 1. The number of benzene rings is 1. The van der Waals surface area contributed by atoms with Crippen molar-refractivity contribution in [2.24, 2.45) is 4.99 Å². The Kier molecular flexibility index (Phi) is 7.81. The van der Waals surface area contributed by atoms with Gasteiger partial charge in [0.15, 0.2) is 5.96 Å². The molecular formula is C23H33N5O3. The number of ether oxygens (including phenoxy) is 2. The lowest BCUT2D eigenvalue weighted by atomic mass is 10.1. The van der Waals surface area contributed by atoms with E-state index in [9.17, 15) is 0 Å². The molecule has 0 saturated heterocycles. The molecule has 0 spiro atoms. The molecule has 0 radical (unpaired) electrons. The Morgan fingerprint density at radius 1 is 1.13 bits per heavy atom. The first-order chi connectivity index (χ1) is 15.0. The van der Waals surface area contributed by atoms with Crippen LogP contribution in [0.15, 0.2) is 27.7 Å². The predicted molar refractivity (Wildman–Crippen MR) is 123 cm³/mol. The molecule has 0 aliphatic heterocycles. The van der Waals surface area contributed by atoms with E-state index in [4.69, 9.17) is 19.0 Å². The van der Waals surface area contributed by atoms with Gasteiger partial charge in [0.05, 0.1) is 25.4 Å². The van der Waals surface area contributed by atoms with E-state index in [2.05, 4.69) is 33.8 Å². The van der Waals surface area contributed by atoms with Crippen molar-refractivity contribution in [2.75, 3.05) is 33.9 Å². The van der Waals surface area contributed by atoms with Crippen LogP contribution >= 0.6 is 0 Å². The monoisotopic (exact) mass is 427 g/mol. The number of H-pyrrole nitrogens is 1. The average molecular weight is 428 g/mol. The number of rotatable bonds is 10. The molecule has 0 fully saturated rings. The normalized spacial score (nSPS) is 11.7. The molecule has 168 valence electrons. The molecule has 0 aliphatic rings. The molecule has 8 heteroatoms. The molecule has 3 N–H and O–H groups in total. The van der Waals surface area contributed by atoms with E-state index in [1.165, 1.54) is 0 Å². The number of nitrogens with one attached hydrogen (secondary N) is 3. The summed E-state index contributed by atoms with van der Waals surface area (Å²) < 4.78 is 16.1. The second-order valence-corrected chi connectivity index (χ2v) is 7.43. The molecule has 0 aliphatic carbocycles. The Hall–Kier alpha value is -3.16. The van der Waals surface area contributed by atoms with Crippen molar-refractivity contribution in [3.05, 3.63) is 40.9 Å². The van der Waals surface area contributed by atoms with Gasteiger partial charge < -0.3 is 29.6 Å². The van der Waals surface area contributed by atoms with Gasteiger partial charge in [-0.3, -0.25) is 4.99 Å². The highest BCUT2D eigenvalue weighted by Gasteiger charge is 2.10. The molecule has 2 heterocycles. The van der Waals surface area contributed by atoms with E-state index in [1.54, 1.807) is 14.2 Å². The molecule has 3 rings (SSSR count). The minimum Gasteiger partial charge on any atom is -0.497 e. The van der Waals surface area contributed by atoms with Gasteiger partial charge in [-0.2, -0.15) is 0 Å². The maximum absolute atomic E-state index is 5.50. The summed E-state index contributed by atoms with van der Waals surface area (Å²) in [6, 6.07) is 6.04. The largest absolute Gasteiger partial charge is 0.497 e. The van der Waals surface area contributed by atoms with Crippen LogP contribution in [0.25, 0.3) is 10.9 Å². The van der Waals surface area contributed by atoms with Crippen LogP contribution in [-0.2, 0) is 12.8 Å². The van der Waals surface area contributed by atoms with Gasteiger partial charge in [0.1, 0.15) is 17.3 Å². The lowest BCUT2D eigenvalue weighted by Crippen LogP contribution is -2.38. The molecule has 8 nitrogen and oxygen atoms in total. The van der Waals surface area contributed by atoms with Gasteiger partial charge in [-0.1, -0.05) is 5.16 Å². The number of methoxy groups -OCH3 is 2. The highest BCUT2D eigenvalue weighted by atomic mass is 16.5. The molecule has 0 amide bonds. The van der Waals surface area contributed by atoms with Crippen molar-refractivity contribution in [1.29, 1.82) is 0 Å². The van der Waals surface area contributed by atoms with Crippen LogP contribution in [0.4, 0.5) is 0 Å². The smallest absolute Gasteiger partial charge is 0.191 e. The molecule has 31 heavy (non-hydrogen) atoms. The lowest BCUT2D eigenvalue weighted by molar-refractivity contribution is 0.392. The van der Waals surface area contributed by atoms with Gasteiger partial charge in [-0.05, 0) is 46.1 Å². The molecule has 1 aromatic carbocycles. The third kappa shape index (κ3) is 5.71. The van der Waals surface area contributed by atoms with Crippen molar-refractivity contribution >= 4 is 16.9 Å². The van der Waals surface area contributed by atoms with Crippen LogP contribution in [0.2, 0.25) is 0 Å². The summed E-state index contributed by atoms with van der Waals surface area (Å²) in [5, 5.41) is 11.8. The quantitative estimate of drug-likeness (QED) is 0.260. The summed E-state index contributed by atoms with van der Waals surface area (Å²) >= 11 is 0. The number of aryl methyl sites for hydroxylation is 3. The van der Waals surface area contributed by atoms with E-state index < -0.39 is 0 Å². The maximum Gasteiger partial charge on any atom is 0.191 e. The Labute approximate surface area is 183 Å². The zero-order chi connectivity index (χ0) is 22.2. The molecule has 0 bridgehead atoms. The standard InChI is InChI=1S/C23H33N5O3/c1-6-24-23(26-11-9-19-15(2)28-31-16(19)3)25-10-7-8-17-12-20-21(27-17)13-18(29-4)14-22(20)30-5/h12-14,27H,6-11H2,1-5H3,(H2,24,25,26). The van der Waals surface area contributed by atoms with E-state index in [-0.39, 0.29) is 0 Å². The van der Waals surface area contributed by atoms with Gasteiger partial charge >= 0.3 is 0 Å². The Morgan fingerprint density at radius 3 is 2.65 bits per heavy atom. The molecule has 0 atom stereocenters.